The van der Waals surface area contributed by atoms with Crippen LogP contribution in [0.1, 0.15) is 46.5 Å². The second-order valence-corrected chi connectivity index (χ2v) is 7.95. The van der Waals surface area contributed by atoms with Crippen LogP contribution in [0, 0.1) is 17.3 Å². The zero-order valence-electron chi connectivity index (χ0n) is 13.1. The van der Waals surface area contributed by atoms with Crippen LogP contribution in [0.3, 0.4) is 0 Å². The lowest BCUT2D eigenvalue weighted by Gasteiger charge is -2.41. The van der Waals surface area contributed by atoms with Crippen molar-refractivity contribution in [3.05, 3.63) is 24.5 Å². The summed E-state index contributed by atoms with van der Waals surface area (Å²) in [5, 5.41) is 9.67. The van der Waals surface area contributed by atoms with E-state index in [2.05, 4.69) is 25.8 Å². The van der Waals surface area contributed by atoms with Crippen molar-refractivity contribution in [3.63, 3.8) is 0 Å². The van der Waals surface area contributed by atoms with Crippen LogP contribution in [-0.2, 0) is 4.79 Å². The molecule has 116 valence electrons. The van der Waals surface area contributed by atoms with E-state index in [1.165, 1.54) is 0 Å². The predicted octanol–water partition coefficient (Wildman–Crippen LogP) is 4.48. The van der Waals surface area contributed by atoms with Crippen molar-refractivity contribution < 1.29 is 9.90 Å². The molecular weight excluding hydrogens is 282 g/mol. The summed E-state index contributed by atoms with van der Waals surface area (Å²) >= 11 is 1.71. The molecule has 1 aliphatic carbocycles. The minimum absolute atomic E-state index is 0.162. The van der Waals surface area contributed by atoms with Crippen molar-refractivity contribution in [2.24, 2.45) is 17.3 Å². The van der Waals surface area contributed by atoms with Crippen LogP contribution in [0.2, 0.25) is 0 Å². The number of carboxylic acids is 1. The summed E-state index contributed by atoms with van der Waals surface area (Å²) in [7, 11) is 0. The highest BCUT2D eigenvalue weighted by molar-refractivity contribution is 8.00. The highest BCUT2D eigenvalue weighted by Crippen LogP contribution is 2.47. The Balaban J connectivity index is 2.14. The summed E-state index contributed by atoms with van der Waals surface area (Å²) in [6.45, 7) is 6.86. The average molecular weight is 307 g/mol. The lowest BCUT2D eigenvalue weighted by Crippen LogP contribution is -2.37. The van der Waals surface area contributed by atoms with Crippen LogP contribution < -0.4 is 0 Å². The van der Waals surface area contributed by atoms with Crippen molar-refractivity contribution in [2.75, 3.05) is 0 Å². The maximum absolute atomic E-state index is 11.6. The van der Waals surface area contributed by atoms with Gasteiger partial charge in [-0.1, -0.05) is 27.2 Å². The summed E-state index contributed by atoms with van der Waals surface area (Å²) in [5.74, 6) is -0.265. The van der Waals surface area contributed by atoms with Crippen LogP contribution in [0.25, 0.3) is 0 Å². The zero-order valence-corrected chi connectivity index (χ0v) is 13.9. The standard InChI is InChI=1S/C17H25NO2S/c1-4-17(2,3)12-5-6-14(16(19)20)15(11-12)21-13-7-9-18-10-8-13/h7-10,12,14-15H,4-6,11H2,1-3H3,(H,19,20). The number of hydrogen-bond acceptors (Lipinski definition) is 3. The average Bonchev–Trinajstić information content (AvgIpc) is 2.48. The molecule has 1 N–H and O–H groups in total. The van der Waals surface area contributed by atoms with E-state index < -0.39 is 5.97 Å². The Morgan fingerprint density at radius 2 is 2.05 bits per heavy atom. The molecule has 1 heterocycles. The Morgan fingerprint density at radius 1 is 1.38 bits per heavy atom. The Labute approximate surface area is 131 Å². The summed E-state index contributed by atoms with van der Waals surface area (Å²) in [5.41, 5.74) is 0.292. The third kappa shape index (κ3) is 4.00. The van der Waals surface area contributed by atoms with Crippen LogP contribution in [-0.4, -0.2) is 21.3 Å². The molecule has 0 aliphatic heterocycles. The minimum atomic E-state index is -0.644. The fourth-order valence-electron chi connectivity index (χ4n) is 3.13. The molecule has 1 fully saturated rings. The fourth-order valence-corrected chi connectivity index (χ4v) is 4.51. The van der Waals surface area contributed by atoms with Gasteiger partial charge in [-0.3, -0.25) is 9.78 Å². The van der Waals surface area contributed by atoms with Crippen LogP contribution >= 0.6 is 11.8 Å². The van der Waals surface area contributed by atoms with Gasteiger partial charge < -0.3 is 5.11 Å². The Hall–Kier alpha value is -1.03. The maximum atomic E-state index is 11.6. The number of carboxylic acid groups (broad SMARTS) is 1. The molecule has 1 aliphatic rings. The number of pyridine rings is 1. The Morgan fingerprint density at radius 3 is 2.62 bits per heavy atom. The van der Waals surface area contributed by atoms with E-state index in [4.69, 9.17) is 0 Å². The van der Waals surface area contributed by atoms with E-state index in [0.717, 1.165) is 30.6 Å². The minimum Gasteiger partial charge on any atom is -0.481 e. The molecule has 0 radical (unpaired) electrons. The normalized spacial score (nSPS) is 26.5. The summed E-state index contributed by atoms with van der Waals surface area (Å²) in [6, 6.07) is 3.94. The molecular formula is C17H25NO2S. The maximum Gasteiger partial charge on any atom is 0.307 e. The number of aromatic nitrogens is 1. The molecule has 4 heteroatoms. The number of thioether (sulfide) groups is 1. The van der Waals surface area contributed by atoms with Gasteiger partial charge in [-0.2, -0.15) is 0 Å². The fraction of sp³-hybridized carbons (Fsp3) is 0.647. The highest BCUT2D eigenvalue weighted by atomic mass is 32.2. The van der Waals surface area contributed by atoms with Crippen molar-refractivity contribution >= 4 is 17.7 Å². The Kier molecular flexibility index (Phi) is 5.31. The van der Waals surface area contributed by atoms with Gasteiger partial charge in [0.15, 0.2) is 0 Å². The monoisotopic (exact) mass is 307 g/mol. The van der Waals surface area contributed by atoms with Crippen molar-refractivity contribution in [1.29, 1.82) is 0 Å². The molecule has 0 saturated heterocycles. The number of carbonyl (C=O) groups is 1. The Bertz CT molecular complexity index is 475. The molecule has 0 bridgehead atoms. The van der Waals surface area contributed by atoms with Crippen LogP contribution in [0.5, 0.6) is 0 Å². The molecule has 2 rings (SSSR count). The molecule has 3 atom stereocenters. The number of nitrogens with zero attached hydrogens (tertiary/aromatic N) is 1. The summed E-state index contributed by atoms with van der Waals surface area (Å²) < 4.78 is 0. The highest BCUT2D eigenvalue weighted by Gasteiger charge is 2.40. The van der Waals surface area contributed by atoms with Gasteiger partial charge >= 0.3 is 5.97 Å². The van der Waals surface area contributed by atoms with Crippen LogP contribution in [0.15, 0.2) is 29.4 Å². The first kappa shape index (κ1) is 16.3. The lowest BCUT2D eigenvalue weighted by molar-refractivity contribution is -0.143. The van der Waals surface area contributed by atoms with Crippen molar-refractivity contribution in [1.82, 2.24) is 4.98 Å². The van der Waals surface area contributed by atoms with E-state index in [0.29, 0.717) is 11.3 Å². The van der Waals surface area contributed by atoms with Gasteiger partial charge in [-0.25, -0.2) is 0 Å². The molecule has 0 amide bonds. The smallest absolute Gasteiger partial charge is 0.307 e. The molecule has 21 heavy (non-hydrogen) atoms. The molecule has 1 saturated carbocycles. The first-order valence-electron chi connectivity index (χ1n) is 7.73. The SMILES string of the molecule is CCC(C)(C)C1CCC(C(=O)O)C(Sc2ccncc2)C1. The second-order valence-electron chi connectivity index (χ2n) is 6.64. The molecule has 3 unspecified atom stereocenters. The van der Waals surface area contributed by atoms with E-state index in [9.17, 15) is 9.90 Å². The third-order valence-corrected chi connectivity index (χ3v) is 6.43. The predicted molar refractivity (Wildman–Crippen MR) is 86.4 cm³/mol. The molecule has 0 spiro atoms. The molecule has 1 aromatic heterocycles. The number of rotatable bonds is 5. The van der Waals surface area contributed by atoms with Gasteiger partial charge in [-0.15, -0.1) is 11.8 Å². The first-order chi connectivity index (χ1) is 9.94. The van der Waals surface area contributed by atoms with Gasteiger partial charge in [0.05, 0.1) is 5.92 Å². The van der Waals surface area contributed by atoms with Gasteiger partial charge in [0.2, 0.25) is 0 Å². The lowest BCUT2D eigenvalue weighted by atomic mass is 9.67. The number of aliphatic carboxylic acids is 1. The third-order valence-electron chi connectivity index (χ3n) is 5.06. The van der Waals surface area contributed by atoms with E-state index in [-0.39, 0.29) is 11.2 Å². The number of hydrogen-bond donors (Lipinski definition) is 1. The van der Waals surface area contributed by atoms with Gasteiger partial charge in [0, 0.05) is 22.5 Å². The summed E-state index contributed by atoms with van der Waals surface area (Å²) in [6.07, 6.45) is 7.51. The molecule has 0 aromatic carbocycles. The van der Waals surface area contributed by atoms with Crippen LogP contribution in [0.4, 0.5) is 0 Å². The van der Waals surface area contributed by atoms with Gasteiger partial charge in [-0.05, 0) is 42.7 Å². The first-order valence-corrected chi connectivity index (χ1v) is 8.61. The van der Waals surface area contributed by atoms with E-state index in [1.54, 1.807) is 24.2 Å². The molecule has 1 aromatic rings. The van der Waals surface area contributed by atoms with E-state index in [1.807, 2.05) is 12.1 Å². The largest absolute Gasteiger partial charge is 0.481 e. The quantitative estimate of drug-likeness (QED) is 0.871. The zero-order chi connectivity index (χ0) is 15.5. The van der Waals surface area contributed by atoms with Gasteiger partial charge in [0.1, 0.15) is 0 Å². The van der Waals surface area contributed by atoms with Crippen molar-refractivity contribution in [3.8, 4) is 0 Å². The van der Waals surface area contributed by atoms with Gasteiger partial charge in [0.25, 0.3) is 0 Å². The second kappa shape index (κ2) is 6.82. The summed E-state index contributed by atoms with van der Waals surface area (Å²) in [4.78, 5) is 16.7. The molecule has 3 nitrogen and oxygen atoms in total. The topological polar surface area (TPSA) is 50.2 Å². The van der Waals surface area contributed by atoms with E-state index >= 15 is 0 Å². The van der Waals surface area contributed by atoms with Crippen molar-refractivity contribution in [2.45, 2.75) is 56.6 Å².